The highest BCUT2D eigenvalue weighted by Gasteiger charge is 2.12. The number of thioether (sulfide) groups is 1. The Hall–Kier alpha value is -4.02. The first-order chi connectivity index (χ1) is 15.6. The van der Waals surface area contributed by atoms with E-state index >= 15 is 0 Å². The summed E-state index contributed by atoms with van der Waals surface area (Å²) in [6, 6.07) is 20.5. The molecule has 0 aliphatic heterocycles. The van der Waals surface area contributed by atoms with Crippen LogP contribution in [0.3, 0.4) is 0 Å². The smallest absolute Gasteiger partial charge is 0.335 e. The highest BCUT2D eigenvalue weighted by molar-refractivity contribution is 7.98. The van der Waals surface area contributed by atoms with Gasteiger partial charge in [-0.05, 0) is 30.3 Å². The Kier molecular flexibility index (Phi) is 6.24. The minimum Gasteiger partial charge on any atom is -0.496 e. The molecule has 1 heterocycles. The van der Waals surface area contributed by atoms with Crippen molar-refractivity contribution in [3.05, 3.63) is 89.7 Å². The third-order valence-corrected chi connectivity index (χ3v) is 6.13. The second-order valence-electron chi connectivity index (χ2n) is 6.94. The van der Waals surface area contributed by atoms with Crippen molar-refractivity contribution in [3.8, 4) is 11.8 Å². The van der Waals surface area contributed by atoms with E-state index in [1.165, 1.54) is 13.2 Å². The van der Waals surface area contributed by atoms with Gasteiger partial charge in [-0.15, -0.1) is 11.8 Å². The molecule has 0 aliphatic carbocycles. The first-order valence-corrected chi connectivity index (χ1v) is 10.7. The fourth-order valence-corrected chi connectivity index (χ4v) is 4.37. The molecule has 0 amide bonds. The number of rotatable bonds is 7. The number of carboxylic acids is 1. The molecule has 0 unspecified atom stereocenters. The largest absolute Gasteiger partial charge is 0.496 e. The van der Waals surface area contributed by atoms with Crippen molar-refractivity contribution in [2.24, 2.45) is 0 Å². The summed E-state index contributed by atoms with van der Waals surface area (Å²) in [6.07, 6.45) is 3.50. The molecule has 0 fully saturated rings. The van der Waals surface area contributed by atoms with Gasteiger partial charge in [-0.2, -0.15) is 5.26 Å². The van der Waals surface area contributed by atoms with Gasteiger partial charge in [0.25, 0.3) is 0 Å². The Morgan fingerprint density at radius 1 is 1.12 bits per heavy atom. The number of nitriles is 1. The Bertz CT molecular complexity index is 1350. The molecule has 0 atom stereocenters. The number of ether oxygens (including phenoxy) is 1. The molecule has 32 heavy (non-hydrogen) atoms. The Morgan fingerprint density at radius 3 is 2.69 bits per heavy atom. The molecule has 0 saturated heterocycles. The SMILES string of the molecule is COc1cc(C(=O)O)ccc1CSc1ccncc1Nc1ccc(C#N)c2ccccc12. The van der Waals surface area contributed by atoms with Gasteiger partial charge in [0, 0.05) is 38.9 Å². The first-order valence-electron chi connectivity index (χ1n) is 9.76. The number of nitrogens with zero attached hydrogens (tertiary/aromatic N) is 2. The summed E-state index contributed by atoms with van der Waals surface area (Å²) in [5.41, 5.74) is 3.44. The lowest BCUT2D eigenvalue weighted by Crippen LogP contribution is -1.99. The lowest BCUT2D eigenvalue weighted by Gasteiger charge is -2.14. The fraction of sp³-hybridized carbons (Fsp3) is 0.0800. The standard InChI is InChI=1S/C25H19N3O3S/c1-31-23-12-16(25(29)30)6-7-18(23)15-32-24-10-11-27-14-22(24)28-21-9-8-17(13-26)19-4-2-3-5-20(19)21/h2-12,14,28H,15H2,1H3,(H,29,30). The van der Waals surface area contributed by atoms with E-state index in [0.717, 1.165) is 32.6 Å². The van der Waals surface area contributed by atoms with Crippen molar-refractivity contribution < 1.29 is 14.6 Å². The maximum Gasteiger partial charge on any atom is 0.335 e. The monoisotopic (exact) mass is 441 g/mol. The lowest BCUT2D eigenvalue weighted by atomic mass is 10.0. The van der Waals surface area contributed by atoms with Crippen LogP contribution in [0.2, 0.25) is 0 Å². The highest BCUT2D eigenvalue weighted by atomic mass is 32.2. The van der Waals surface area contributed by atoms with E-state index in [-0.39, 0.29) is 5.56 Å². The minimum absolute atomic E-state index is 0.189. The van der Waals surface area contributed by atoms with Crippen LogP contribution in [-0.4, -0.2) is 23.2 Å². The molecular weight excluding hydrogens is 422 g/mol. The Balaban J connectivity index is 1.61. The number of benzene rings is 3. The van der Waals surface area contributed by atoms with Crippen LogP contribution < -0.4 is 10.1 Å². The second kappa shape index (κ2) is 9.41. The number of hydrogen-bond donors (Lipinski definition) is 2. The third-order valence-electron chi connectivity index (χ3n) is 5.01. The van der Waals surface area contributed by atoms with Gasteiger partial charge in [-0.1, -0.05) is 30.3 Å². The van der Waals surface area contributed by atoms with Crippen molar-refractivity contribution >= 4 is 39.9 Å². The molecule has 3 aromatic carbocycles. The quantitative estimate of drug-likeness (QED) is 0.347. The van der Waals surface area contributed by atoms with Crippen molar-refractivity contribution in [2.45, 2.75) is 10.6 Å². The number of fused-ring (bicyclic) bond motifs is 1. The molecule has 158 valence electrons. The number of anilines is 2. The zero-order chi connectivity index (χ0) is 22.5. The molecule has 0 bridgehead atoms. The van der Waals surface area contributed by atoms with Crippen LogP contribution >= 0.6 is 11.8 Å². The number of aromatic carboxylic acids is 1. The Labute approximate surface area is 189 Å². The highest BCUT2D eigenvalue weighted by Crippen LogP contribution is 2.35. The van der Waals surface area contributed by atoms with Crippen LogP contribution in [0.1, 0.15) is 21.5 Å². The summed E-state index contributed by atoms with van der Waals surface area (Å²) in [6.45, 7) is 0. The van der Waals surface area contributed by atoms with E-state index < -0.39 is 5.97 Å². The van der Waals surface area contributed by atoms with Crippen molar-refractivity contribution in [3.63, 3.8) is 0 Å². The number of pyridine rings is 1. The average Bonchev–Trinajstić information content (AvgIpc) is 2.83. The van der Waals surface area contributed by atoms with Gasteiger partial charge >= 0.3 is 5.97 Å². The van der Waals surface area contributed by atoms with Crippen LogP contribution in [0.5, 0.6) is 5.75 Å². The topological polar surface area (TPSA) is 95.2 Å². The number of methoxy groups -OCH3 is 1. The molecule has 2 N–H and O–H groups in total. The predicted molar refractivity (Wildman–Crippen MR) is 126 cm³/mol. The van der Waals surface area contributed by atoms with Crippen molar-refractivity contribution in [1.82, 2.24) is 4.98 Å². The number of carboxylic acid groups (broad SMARTS) is 1. The zero-order valence-corrected chi connectivity index (χ0v) is 18.0. The molecular formula is C25H19N3O3S. The first kappa shape index (κ1) is 21.2. The summed E-state index contributed by atoms with van der Waals surface area (Å²) in [4.78, 5) is 16.5. The van der Waals surface area contributed by atoms with Gasteiger partial charge in [0.1, 0.15) is 5.75 Å². The zero-order valence-electron chi connectivity index (χ0n) is 17.2. The van der Waals surface area contributed by atoms with Gasteiger partial charge in [0.15, 0.2) is 0 Å². The second-order valence-corrected chi connectivity index (χ2v) is 7.95. The Morgan fingerprint density at radius 2 is 1.94 bits per heavy atom. The van der Waals surface area contributed by atoms with Gasteiger partial charge in [-0.25, -0.2) is 4.79 Å². The molecule has 0 aliphatic rings. The van der Waals surface area contributed by atoms with E-state index in [0.29, 0.717) is 17.1 Å². The molecule has 4 aromatic rings. The fourth-order valence-electron chi connectivity index (χ4n) is 3.40. The number of aromatic nitrogens is 1. The van der Waals surface area contributed by atoms with Gasteiger partial charge in [-0.3, -0.25) is 4.98 Å². The normalized spacial score (nSPS) is 10.5. The average molecular weight is 442 g/mol. The van der Waals surface area contributed by atoms with Crippen LogP contribution in [0.4, 0.5) is 11.4 Å². The van der Waals surface area contributed by atoms with E-state index in [9.17, 15) is 15.2 Å². The maximum absolute atomic E-state index is 11.2. The van der Waals surface area contributed by atoms with Gasteiger partial charge in [0.2, 0.25) is 0 Å². The van der Waals surface area contributed by atoms with E-state index in [1.807, 2.05) is 42.5 Å². The van der Waals surface area contributed by atoms with E-state index in [1.54, 1.807) is 36.3 Å². The van der Waals surface area contributed by atoms with Crippen LogP contribution in [-0.2, 0) is 5.75 Å². The van der Waals surface area contributed by atoms with E-state index in [4.69, 9.17) is 4.74 Å². The molecule has 4 rings (SSSR count). The van der Waals surface area contributed by atoms with Crippen LogP contribution in [0, 0.1) is 11.3 Å². The number of carbonyl (C=O) groups is 1. The molecule has 0 spiro atoms. The molecule has 0 radical (unpaired) electrons. The molecule has 6 nitrogen and oxygen atoms in total. The number of nitrogens with one attached hydrogen (secondary N) is 1. The minimum atomic E-state index is -0.988. The molecule has 0 saturated carbocycles. The van der Waals surface area contributed by atoms with Gasteiger partial charge in [0.05, 0.1) is 36.2 Å². The number of hydrogen-bond acceptors (Lipinski definition) is 6. The van der Waals surface area contributed by atoms with Crippen molar-refractivity contribution in [1.29, 1.82) is 5.26 Å². The van der Waals surface area contributed by atoms with Crippen molar-refractivity contribution in [2.75, 3.05) is 12.4 Å². The summed E-state index contributed by atoms with van der Waals surface area (Å²) in [5, 5.41) is 23.9. The van der Waals surface area contributed by atoms with Crippen LogP contribution in [0.25, 0.3) is 10.8 Å². The summed E-state index contributed by atoms with van der Waals surface area (Å²) in [5.74, 6) is 0.146. The maximum atomic E-state index is 11.2. The van der Waals surface area contributed by atoms with E-state index in [2.05, 4.69) is 16.4 Å². The summed E-state index contributed by atoms with van der Waals surface area (Å²) in [7, 11) is 1.53. The molecule has 1 aromatic heterocycles. The van der Waals surface area contributed by atoms with Crippen LogP contribution in [0.15, 0.2) is 78.0 Å². The lowest BCUT2D eigenvalue weighted by molar-refractivity contribution is 0.0696. The third kappa shape index (κ3) is 4.36. The summed E-state index contributed by atoms with van der Waals surface area (Å²) < 4.78 is 5.39. The summed E-state index contributed by atoms with van der Waals surface area (Å²) >= 11 is 1.59. The molecule has 7 heteroatoms. The van der Waals surface area contributed by atoms with Gasteiger partial charge < -0.3 is 15.2 Å². The predicted octanol–water partition coefficient (Wildman–Crippen LogP) is 5.85.